The van der Waals surface area contributed by atoms with Crippen LogP contribution >= 0.6 is 24.0 Å². The number of fused-ring (bicyclic) bond motifs is 2. The first-order valence-corrected chi connectivity index (χ1v) is 14.6. The molecule has 5 rings (SSSR count). The number of hydrogen-bond donors (Lipinski definition) is 2. The number of furan rings is 1. The summed E-state index contributed by atoms with van der Waals surface area (Å²) in [6, 6.07) is 7.74. The first kappa shape index (κ1) is 28.2. The summed E-state index contributed by atoms with van der Waals surface area (Å²) in [5.74, 6) is 3.77. The predicted octanol–water partition coefficient (Wildman–Crippen LogP) is 4.66. The number of hydrogen-bond acceptors (Lipinski definition) is 9. The number of aliphatic hydroxyl groups is 2. The molecule has 10 heteroatoms. The normalized spacial score (nSPS) is 24.3. The first-order valence-electron chi connectivity index (χ1n) is 13.4. The molecule has 3 unspecified atom stereocenters. The molecule has 1 saturated heterocycles. The minimum absolute atomic E-state index is 0.0316. The molecule has 1 aliphatic heterocycles. The summed E-state index contributed by atoms with van der Waals surface area (Å²) in [5.41, 5.74) is 1.73. The Hall–Kier alpha value is -2.37. The van der Waals surface area contributed by atoms with Crippen molar-refractivity contribution in [2.24, 2.45) is 11.8 Å². The second-order valence-electron chi connectivity index (χ2n) is 10.4. The number of benzene rings is 1. The van der Waals surface area contributed by atoms with Crippen LogP contribution in [0.2, 0.25) is 0 Å². The Labute approximate surface area is 238 Å². The number of methoxy groups -OCH3 is 2. The predicted molar refractivity (Wildman–Crippen MR) is 154 cm³/mol. The van der Waals surface area contributed by atoms with Crippen molar-refractivity contribution in [2.75, 3.05) is 34.0 Å². The number of nitrogens with zero attached hydrogens (tertiary/aromatic N) is 1. The number of ether oxygens (including phenoxy) is 3. The van der Waals surface area contributed by atoms with Gasteiger partial charge in [0.1, 0.15) is 33.4 Å². The molecule has 4 atom stereocenters. The fourth-order valence-electron chi connectivity index (χ4n) is 5.90. The van der Waals surface area contributed by atoms with E-state index in [9.17, 15) is 9.90 Å². The van der Waals surface area contributed by atoms with Gasteiger partial charge in [0.2, 0.25) is 0 Å². The standard InChI is InChI=1S/C29H35NO7S2/c1-34-22-10-20(11-23(13-22)35-2)25-12-19(4-3-7-36-16-21(32)15-31)26(37-25)14-27-28(33)30(29(38)39-27)24-9-17-5-6-18(24)8-17/h10-14,17-18,21,24,31-32H,3-9,15-16H2,1-2H3/b27-14+/t17?,18?,21-,24?/m1/s1. The van der Waals surface area contributed by atoms with Crippen molar-refractivity contribution < 1.29 is 33.6 Å². The largest absolute Gasteiger partial charge is 0.497 e. The third-order valence-corrected chi connectivity index (χ3v) is 9.18. The molecule has 1 aromatic carbocycles. The molecule has 210 valence electrons. The molecule has 2 saturated carbocycles. The zero-order chi connectivity index (χ0) is 27.5. The Bertz CT molecular complexity index is 1220. The van der Waals surface area contributed by atoms with Crippen LogP contribution in [0.3, 0.4) is 0 Å². The first-order chi connectivity index (χ1) is 18.9. The minimum atomic E-state index is -0.888. The second-order valence-corrected chi connectivity index (χ2v) is 12.1. The van der Waals surface area contributed by atoms with Crippen LogP contribution in [0.15, 0.2) is 33.6 Å². The van der Waals surface area contributed by atoms with Crippen LogP contribution in [0.5, 0.6) is 11.5 Å². The summed E-state index contributed by atoms with van der Waals surface area (Å²) < 4.78 is 23.3. The van der Waals surface area contributed by atoms with Gasteiger partial charge >= 0.3 is 0 Å². The van der Waals surface area contributed by atoms with Crippen molar-refractivity contribution in [3.8, 4) is 22.8 Å². The van der Waals surface area contributed by atoms with Gasteiger partial charge in [-0.2, -0.15) is 0 Å². The summed E-state index contributed by atoms with van der Waals surface area (Å²) in [7, 11) is 3.20. The second kappa shape index (κ2) is 12.4. The van der Waals surface area contributed by atoms with Crippen LogP contribution < -0.4 is 9.47 Å². The van der Waals surface area contributed by atoms with Crippen molar-refractivity contribution in [3.05, 3.63) is 40.5 Å². The molecular formula is C29H35NO7S2. The van der Waals surface area contributed by atoms with E-state index in [0.717, 1.165) is 17.5 Å². The third kappa shape index (κ3) is 6.20. The highest BCUT2D eigenvalue weighted by Crippen LogP contribution is 2.49. The van der Waals surface area contributed by atoms with Crippen molar-refractivity contribution in [1.82, 2.24) is 4.90 Å². The molecule has 2 N–H and O–H groups in total. The number of rotatable bonds is 12. The molecule has 3 fully saturated rings. The summed E-state index contributed by atoms with van der Waals surface area (Å²) in [4.78, 5) is 16.0. The lowest BCUT2D eigenvalue weighted by Crippen LogP contribution is -2.41. The van der Waals surface area contributed by atoms with E-state index in [0.29, 0.717) is 63.5 Å². The average Bonchev–Trinajstić information content (AvgIpc) is 3.73. The molecule has 2 aliphatic carbocycles. The highest BCUT2D eigenvalue weighted by Gasteiger charge is 2.48. The lowest BCUT2D eigenvalue weighted by atomic mass is 9.94. The van der Waals surface area contributed by atoms with E-state index in [2.05, 4.69) is 0 Å². The van der Waals surface area contributed by atoms with Crippen LogP contribution in [0.25, 0.3) is 17.4 Å². The lowest BCUT2D eigenvalue weighted by molar-refractivity contribution is -0.124. The van der Waals surface area contributed by atoms with E-state index in [1.807, 2.05) is 29.2 Å². The number of carbonyl (C=O) groups excluding carboxylic acids is 1. The third-order valence-electron chi connectivity index (χ3n) is 7.85. The number of thiocarbonyl (C=S) groups is 1. The molecule has 0 radical (unpaired) electrons. The fraction of sp³-hybridized carbons (Fsp3) is 0.517. The molecule has 39 heavy (non-hydrogen) atoms. The van der Waals surface area contributed by atoms with E-state index in [1.165, 1.54) is 31.0 Å². The molecule has 1 amide bonds. The quantitative estimate of drug-likeness (QED) is 0.213. The average molecular weight is 574 g/mol. The van der Waals surface area contributed by atoms with Crippen molar-refractivity contribution in [1.29, 1.82) is 0 Å². The van der Waals surface area contributed by atoms with Crippen molar-refractivity contribution >= 4 is 40.3 Å². The maximum Gasteiger partial charge on any atom is 0.266 e. The van der Waals surface area contributed by atoms with Crippen LogP contribution in [0.4, 0.5) is 0 Å². The van der Waals surface area contributed by atoms with Gasteiger partial charge in [0.15, 0.2) is 0 Å². The lowest BCUT2D eigenvalue weighted by Gasteiger charge is -2.30. The molecule has 8 nitrogen and oxygen atoms in total. The summed E-state index contributed by atoms with van der Waals surface area (Å²) in [5, 5.41) is 18.5. The van der Waals surface area contributed by atoms with Gasteiger partial charge < -0.3 is 28.8 Å². The maximum absolute atomic E-state index is 13.5. The van der Waals surface area contributed by atoms with Gasteiger partial charge in [-0.05, 0) is 67.7 Å². The van der Waals surface area contributed by atoms with Crippen LogP contribution in [0, 0.1) is 11.8 Å². The summed E-state index contributed by atoms with van der Waals surface area (Å²) >= 11 is 7.02. The van der Waals surface area contributed by atoms with Crippen molar-refractivity contribution in [3.63, 3.8) is 0 Å². The SMILES string of the molecule is COc1cc(OC)cc(-c2cc(CCCOC[C@H](O)CO)c(/C=C3/SC(=S)N(C4CC5CCC4C5)C3=O)o2)c1. The van der Waals surface area contributed by atoms with Crippen LogP contribution in [-0.2, 0) is 16.0 Å². The number of carbonyl (C=O) groups is 1. The molecular weight excluding hydrogens is 538 g/mol. The number of aliphatic hydroxyl groups excluding tert-OH is 2. The number of thioether (sulfide) groups is 1. The number of aryl methyl sites for hydroxylation is 1. The van der Waals surface area contributed by atoms with E-state index in [4.69, 9.17) is 36.0 Å². The smallest absolute Gasteiger partial charge is 0.266 e. The van der Waals surface area contributed by atoms with E-state index >= 15 is 0 Å². The van der Waals surface area contributed by atoms with Gasteiger partial charge in [0, 0.05) is 30.4 Å². The maximum atomic E-state index is 13.5. The van der Waals surface area contributed by atoms with Gasteiger partial charge in [-0.25, -0.2) is 0 Å². The van der Waals surface area contributed by atoms with Crippen LogP contribution in [0.1, 0.15) is 43.4 Å². The summed E-state index contributed by atoms with van der Waals surface area (Å²) in [6.45, 7) is 0.158. The Morgan fingerprint density at radius 2 is 1.95 bits per heavy atom. The zero-order valence-electron chi connectivity index (χ0n) is 22.3. The van der Waals surface area contributed by atoms with Gasteiger partial charge in [0.25, 0.3) is 5.91 Å². The molecule has 1 aromatic heterocycles. The molecule has 2 heterocycles. The van der Waals surface area contributed by atoms with E-state index in [-0.39, 0.29) is 25.2 Å². The number of amides is 1. The topological polar surface area (TPSA) is 102 Å². The zero-order valence-corrected chi connectivity index (χ0v) is 23.9. The Kier molecular flexibility index (Phi) is 8.98. The van der Waals surface area contributed by atoms with Gasteiger partial charge in [-0.1, -0.05) is 30.4 Å². The van der Waals surface area contributed by atoms with E-state index in [1.54, 1.807) is 20.3 Å². The highest BCUT2D eigenvalue weighted by molar-refractivity contribution is 8.26. The Morgan fingerprint density at radius 1 is 1.18 bits per heavy atom. The molecule has 2 bridgehead atoms. The molecule has 0 spiro atoms. The molecule has 2 aromatic rings. The van der Waals surface area contributed by atoms with Gasteiger partial charge in [-0.3, -0.25) is 9.69 Å². The minimum Gasteiger partial charge on any atom is -0.497 e. The fourth-order valence-corrected chi connectivity index (χ4v) is 7.25. The summed E-state index contributed by atoms with van der Waals surface area (Å²) in [6.07, 6.45) is 6.93. The van der Waals surface area contributed by atoms with E-state index < -0.39 is 6.10 Å². The van der Waals surface area contributed by atoms with Crippen molar-refractivity contribution in [2.45, 2.75) is 50.7 Å². The highest BCUT2D eigenvalue weighted by atomic mass is 32.2. The Balaban J connectivity index is 1.40. The molecule has 3 aliphatic rings. The van der Waals surface area contributed by atoms with Crippen LogP contribution in [-0.4, -0.2) is 71.5 Å². The van der Waals surface area contributed by atoms with Gasteiger partial charge in [0.05, 0.1) is 32.3 Å². The van der Waals surface area contributed by atoms with Gasteiger partial charge in [-0.15, -0.1) is 0 Å². The Morgan fingerprint density at radius 3 is 2.59 bits per heavy atom. The monoisotopic (exact) mass is 573 g/mol.